The molecule has 46 valence electrons. The van der Waals surface area contributed by atoms with Gasteiger partial charge in [0.25, 0.3) is 0 Å². The summed E-state index contributed by atoms with van der Waals surface area (Å²) in [5.41, 5.74) is 0. The van der Waals surface area contributed by atoms with Crippen LogP contribution in [0.1, 0.15) is 0 Å². The smallest absolute Gasteiger partial charge is 0.448 e. The zero-order valence-corrected chi connectivity index (χ0v) is 3.44. The van der Waals surface area contributed by atoms with Gasteiger partial charge in [-0.05, 0) is 0 Å². The van der Waals surface area contributed by atoms with Gasteiger partial charge in [0.1, 0.15) is 0 Å². The Kier molecular flexibility index (Phi) is 3.16. The van der Waals surface area contributed by atoms with E-state index in [0.717, 1.165) is 0 Å². The molecule has 0 aromatic heterocycles. The molecule has 0 aromatic rings. The highest BCUT2D eigenvalue weighted by molar-refractivity contribution is 5.55. The fourth-order valence-electron chi connectivity index (χ4n) is 0.0567. The monoisotopic (exact) mass is 123 g/mol. The molecule has 8 heavy (non-hydrogen) atoms. The Morgan fingerprint density at radius 3 is 2.62 bits per heavy atom. The first kappa shape index (κ1) is 6.63. The number of rotatable bonds is 3. The molecular weight excluding hydrogens is 122 g/mol. The van der Waals surface area contributed by atoms with E-state index >= 15 is 0 Å². The summed E-state index contributed by atoms with van der Waals surface area (Å²) in [6.07, 6.45) is -1.73. The first-order chi connectivity index (χ1) is 3.77. The van der Waals surface area contributed by atoms with Gasteiger partial charge in [-0.3, -0.25) is 0 Å². The van der Waals surface area contributed by atoms with E-state index in [2.05, 4.69) is 14.9 Å². The standard InChI is InChI=1S/CHNO6/c3-1(4)6-8-7-2-5/h(H,3,4). The van der Waals surface area contributed by atoms with Crippen molar-refractivity contribution in [2.24, 2.45) is 5.34 Å². The molecule has 0 aliphatic rings. The summed E-state index contributed by atoms with van der Waals surface area (Å²) in [6, 6.07) is 0. The van der Waals surface area contributed by atoms with Crippen LogP contribution in [0.25, 0.3) is 0 Å². The summed E-state index contributed by atoms with van der Waals surface area (Å²) >= 11 is 0. The molecule has 0 spiro atoms. The van der Waals surface area contributed by atoms with E-state index in [1.54, 1.807) is 5.34 Å². The lowest BCUT2D eigenvalue weighted by atomic mass is 11.4. The number of hydrogen-bond donors (Lipinski definition) is 1. The van der Waals surface area contributed by atoms with E-state index in [1.165, 1.54) is 0 Å². The summed E-state index contributed by atoms with van der Waals surface area (Å²) in [4.78, 5) is 24.5. The normalized spacial score (nSPS) is 7.50. The van der Waals surface area contributed by atoms with Gasteiger partial charge in [0, 0.05) is 0 Å². The largest absolute Gasteiger partial charge is 0.540 e. The molecule has 0 radical (unpaired) electrons. The Bertz CT molecular complexity index is 88.5. The lowest BCUT2D eigenvalue weighted by molar-refractivity contribution is -0.488. The Balaban J connectivity index is 2.93. The van der Waals surface area contributed by atoms with Crippen LogP contribution >= 0.6 is 0 Å². The number of hydrogen-bond acceptors (Lipinski definition) is 6. The van der Waals surface area contributed by atoms with Gasteiger partial charge < -0.3 is 5.11 Å². The summed E-state index contributed by atoms with van der Waals surface area (Å²) in [6.45, 7) is 0. The molecule has 0 aliphatic heterocycles. The molecule has 0 rings (SSSR count). The second-order valence-electron chi connectivity index (χ2n) is 0.566. The third-order valence-electron chi connectivity index (χ3n) is 0.166. The minimum Gasteiger partial charge on any atom is -0.448 e. The maximum absolute atomic E-state index is 9.30. The van der Waals surface area contributed by atoms with E-state index in [-0.39, 0.29) is 0 Å². The molecule has 0 amide bonds. The van der Waals surface area contributed by atoms with Gasteiger partial charge in [0.2, 0.25) is 0 Å². The summed E-state index contributed by atoms with van der Waals surface area (Å²) < 4.78 is 0. The first-order valence-electron chi connectivity index (χ1n) is 1.33. The molecule has 0 aliphatic carbocycles. The summed E-state index contributed by atoms with van der Waals surface area (Å²) in [7, 11) is 0. The third kappa shape index (κ3) is 4.63. The quantitative estimate of drug-likeness (QED) is 0.249. The number of carbonyl (C=O) groups is 1. The minimum absolute atomic E-state index is 1.65. The Morgan fingerprint density at radius 2 is 2.25 bits per heavy atom. The van der Waals surface area contributed by atoms with E-state index in [0.29, 0.717) is 0 Å². The van der Waals surface area contributed by atoms with Crippen LogP contribution in [0.15, 0.2) is 5.34 Å². The molecule has 1 N–H and O–H groups in total. The van der Waals surface area contributed by atoms with Gasteiger partial charge in [0.05, 0.1) is 5.04 Å². The second kappa shape index (κ2) is 3.81. The van der Waals surface area contributed by atoms with Crippen LogP contribution < -0.4 is 0 Å². The zero-order valence-electron chi connectivity index (χ0n) is 3.44. The molecule has 0 bridgehead atoms. The Morgan fingerprint density at radius 1 is 1.62 bits per heavy atom. The Hall–Kier alpha value is -1.37. The lowest BCUT2D eigenvalue weighted by Crippen LogP contribution is -1.99. The van der Waals surface area contributed by atoms with Gasteiger partial charge >= 0.3 is 6.16 Å². The highest BCUT2D eigenvalue weighted by atomic mass is 17.6. The van der Waals surface area contributed by atoms with Crippen molar-refractivity contribution in [2.45, 2.75) is 0 Å². The molecule has 7 heteroatoms. The van der Waals surface area contributed by atoms with Crippen molar-refractivity contribution in [2.75, 3.05) is 0 Å². The van der Waals surface area contributed by atoms with Crippen molar-refractivity contribution in [3.05, 3.63) is 4.91 Å². The number of carboxylic acid groups (broad SMARTS) is 1. The fraction of sp³-hybridized carbons (Fsp3) is 0. The lowest BCUT2D eigenvalue weighted by Gasteiger charge is -1.86. The van der Waals surface area contributed by atoms with Crippen molar-refractivity contribution in [1.29, 1.82) is 0 Å². The molecule has 0 fully saturated rings. The maximum Gasteiger partial charge on any atom is 0.540 e. The van der Waals surface area contributed by atoms with Gasteiger partial charge in [-0.1, -0.05) is 0 Å². The SMILES string of the molecule is O=NOOOC(=O)O. The first-order valence-corrected chi connectivity index (χ1v) is 1.33. The molecule has 0 saturated carbocycles. The van der Waals surface area contributed by atoms with E-state index in [4.69, 9.17) is 10.0 Å². The van der Waals surface area contributed by atoms with Crippen LogP contribution in [0.2, 0.25) is 0 Å². The Labute approximate surface area is 42.5 Å². The molecule has 0 saturated heterocycles. The minimum atomic E-state index is -1.73. The van der Waals surface area contributed by atoms with Gasteiger partial charge in [-0.15, -0.1) is 9.90 Å². The average Bonchev–Trinajstić information content (AvgIpc) is 1.66. The van der Waals surface area contributed by atoms with Crippen LogP contribution in [0.4, 0.5) is 4.79 Å². The van der Waals surface area contributed by atoms with Crippen molar-refractivity contribution in [3.63, 3.8) is 0 Å². The fourth-order valence-corrected chi connectivity index (χ4v) is 0.0567. The predicted molar refractivity (Wildman–Crippen MR) is 17.1 cm³/mol. The highest BCUT2D eigenvalue weighted by Gasteiger charge is 1.95. The van der Waals surface area contributed by atoms with Crippen LogP contribution in [0.3, 0.4) is 0 Å². The number of nitrogens with zero attached hydrogens (tertiary/aromatic N) is 1. The average molecular weight is 123 g/mol. The van der Waals surface area contributed by atoms with E-state index < -0.39 is 6.16 Å². The highest BCUT2D eigenvalue weighted by Crippen LogP contribution is 1.80. The van der Waals surface area contributed by atoms with Crippen LogP contribution in [0, 0.1) is 4.91 Å². The van der Waals surface area contributed by atoms with E-state index in [1.807, 2.05) is 0 Å². The van der Waals surface area contributed by atoms with Crippen LogP contribution in [0.5, 0.6) is 0 Å². The molecule has 7 nitrogen and oxygen atoms in total. The topological polar surface area (TPSA) is 94.4 Å². The van der Waals surface area contributed by atoms with Crippen LogP contribution in [-0.4, -0.2) is 11.3 Å². The van der Waals surface area contributed by atoms with Gasteiger partial charge in [-0.25, -0.2) is 9.68 Å². The van der Waals surface area contributed by atoms with Crippen molar-refractivity contribution >= 4 is 6.16 Å². The van der Waals surface area contributed by atoms with Crippen LogP contribution in [-0.2, 0) is 14.9 Å². The van der Waals surface area contributed by atoms with Crippen molar-refractivity contribution in [3.8, 4) is 0 Å². The van der Waals surface area contributed by atoms with Gasteiger partial charge in [0.15, 0.2) is 5.34 Å². The molecule has 0 aromatic carbocycles. The molecule has 0 unspecified atom stereocenters. The predicted octanol–water partition coefficient (Wildman–Crippen LogP) is 0.226. The maximum atomic E-state index is 9.30. The third-order valence-corrected chi connectivity index (χ3v) is 0.166. The molecule has 0 heterocycles. The second-order valence-corrected chi connectivity index (χ2v) is 0.566. The van der Waals surface area contributed by atoms with Gasteiger partial charge in [-0.2, -0.15) is 0 Å². The zero-order chi connectivity index (χ0) is 6.41. The summed E-state index contributed by atoms with van der Waals surface area (Å²) in [5.74, 6) is 0. The molecule has 0 atom stereocenters. The summed E-state index contributed by atoms with van der Waals surface area (Å²) in [5, 5.41) is 12.4. The van der Waals surface area contributed by atoms with Crippen molar-refractivity contribution in [1.82, 2.24) is 0 Å². The molecular formula is CHNO6. The van der Waals surface area contributed by atoms with Crippen molar-refractivity contribution < 1.29 is 24.8 Å². The van der Waals surface area contributed by atoms with E-state index in [9.17, 15) is 4.79 Å².